The first-order valence-corrected chi connectivity index (χ1v) is 20.5. The van der Waals surface area contributed by atoms with Crippen molar-refractivity contribution in [2.24, 2.45) is 17.3 Å². The molecule has 1 aromatic heterocycles. The van der Waals surface area contributed by atoms with Crippen LogP contribution in [0.5, 0.6) is 0 Å². The molecule has 55 heavy (non-hydrogen) atoms. The Kier molecular flexibility index (Phi) is 10.7. The van der Waals surface area contributed by atoms with Gasteiger partial charge in [0.2, 0.25) is 28.6 Å². The number of likely N-dealkylation sites (tertiary alicyclic amines) is 2. The van der Waals surface area contributed by atoms with Gasteiger partial charge in [-0.1, -0.05) is 87.5 Å². The number of hydrogen-bond acceptors (Lipinski definition) is 8. The van der Waals surface area contributed by atoms with Crippen molar-refractivity contribution >= 4 is 34.5 Å². The third kappa shape index (κ3) is 7.83. The van der Waals surface area contributed by atoms with E-state index >= 15 is 0 Å². The molecule has 5 atom stereocenters. The lowest BCUT2D eigenvalue weighted by Gasteiger charge is -2.36. The van der Waals surface area contributed by atoms with Crippen LogP contribution in [0.1, 0.15) is 78.2 Å². The van der Waals surface area contributed by atoms with Gasteiger partial charge in [0.15, 0.2) is 0 Å². The molecule has 4 fully saturated rings. The molecule has 2 saturated carbocycles. The number of amides is 4. The molecule has 4 amide bonds. The Morgan fingerprint density at radius 3 is 2.02 bits per heavy atom. The van der Waals surface area contributed by atoms with E-state index in [1.54, 1.807) is 10.9 Å². The van der Waals surface area contributed by atoms with E-state index in [2.05, 4.69) is 11.9 Å². The number of carbonyl (C=O) groups is 4. The third-order valence-electron chi connectivity index (χ3n) is 11.6. The van der Waals surface area contributed by atoms with E-state index in [9.17, 15) is 27.6 Å². The topological polar surface area (TPSA) is 155 Å². The van der Waals surface area contributed by atoms with Gasteiger partial charge in [-0.2, -0.15) is 15.0 Å². The molecule has 3 aromatic rings. The zero-order valence-corrected chi connectivity index (χ0v) is 32.7. The molecule has 2 aromatic carbocycles. The first-order chi connectivity index (χ1) is 26.3. The summed E-state index contributed by atoms with van der Waals surface area (Å²) in [5.41, 5.74) is 0.915. The van der Waals surface area contributed by atoms with Gasteiger partial charge in [-0.15, -0.1) is 6.58 Å². The number of rotatable bonds is 12. The van der Waals surface area contributed by atoms with Crippen molar-refractivity contribution in [1.29, 1.82) is 0 Å². The smallest absolute Gasteiger partial charge is 0.262 e. The van der Waals surface area contributed by atoms with Crippen LogP contribution in [0.4, 0.5) is 0 Å². The molecule has 14 heteroatoms. The fourth-order valence-corrected chi connectivity index (χ4v) is 8.99. The molecule has 0 radical (unpaired) electrons. The van der Waals surface area contributed by atoms with Crippen LogP contribution < -0.4 is 5.32 Å². The second-order valence-electron chi connectivity index (χ2n) is 16.5. The maximum Gasteiger partial charge on any atom is 0.262 e. The number of aromatic nitrogens is 3. The van der Waals surface area contributed by atoms with Gasteiger partial charge in [0.05, 0.1) is 12.0 Å². The summed E-state index contributed by atoms with van der Waals surface area (Å²) in [5.74, 6) is -2.88. The first kappa shape index (κ1) is 38.4. The Bertz CT molecular complexity index is 1950. The van der Waals surface area contributed by atoms with Crippen molar-refractivity contribution < 1.29 is 27.6 Å². The summed E-state index contributed by atoms with van der Waals surface area (Å²) in [6, 6.07) is 17.4. The van der Waals surface area contributed by atoms with E-state index in [0.29, 0.717) is 37.3 Å². The summed E-state index contributed by atoms with van der Waals surface area (Å²) < 4.78 is 25.4. The van der Waals surface area contributed by atoms with Gasteiger partial charge in [0.25, 0.3) is 5.91 Å². The molecular formula is C41H51N7O6S. The Morgan fingerprint density at radius 2 is 1.53 bits per heavy atom. The first-order valence-electron chi connectivity index (χ1n) is 19.4. The van der Waals surface area contributed by atoms with Crippen LogP contribution in [-0.4, -0.2) is 98.4 Å². The number of carbonyl (C=O) groups excluding carboxylic acids is 4. The number of nitrogens with one attached hydrogen (secondary N) is 1. The quantitative estimate of drug-likeness (QED) is 0.203. The number of thiol groups is 1. The zero-order chi connectivity index (χ0) is 39.1. The van der Waals surface area contributed by atoms with Crippen LogP contribution in [-0.2, 0) is 30.1 Å². The van der Waals surface area contributed by atoms with Crippen LogP contribution >= 0.6 is 0 Å². The van der Waals surface area contributed by atoms with E-state index in [1.807, 2.05) is 86.3 Å². The second-order valence-corrected chi connectivity index (χ2v) is 17.4. The Balaban J connectivity index is 1.24. The summed E-state index contributed by atoms with van der Waals surface area (Å²) in [4.78, 5) is 62.0. The van der Waals surface area contributed by atoms with Crippen molar-refractivity contribution in [2.45, 2.75) is 95.8 Å². The second kappa shape index (κ2) is 15.4. The molecule has 1 N–H and O–H groups in total. The summed E-state index contributed by atoms with van der Waals surface area (Å²) in [7, 11) is -3.22. The van der Waals surface area contributed by atoms with Crippen molar-refractivity contribution in [3.63, 3.8) is 0 Å². The summed E-state index contributed by atoms with van der Waals surface area (Å²) in [5, 5.41) is 12.9. The van der Waals surface area contributed by atoms with Crippen LogP contribution in [0.25, 0.3) is 22.5 Å². The van der Waals surface area contributed by atoms with Gasteiger partial charge < -0.3 is 15.1 Å². The summed E-state index contributed by atoms with van der Waals surface area (Å²) >= 11 is 0. The molecule has 3 heterocycles. The lowest BCUT2D eigenvalue weighted by molar-refractivity contribution is -0.149. The Morgan fingerprint density at radius 1 is 0.945 bits per heavy atom. The van der Waals surface area contributed by atoms with Crippen LogP contribution in [0.15, 0.2) is 73.3 Å². The summed E-state index contributed by atoms with van der Waals surface area (Å²) in [6.45, 7) is 11.0. The zero-order valence-electron chi connectivity index (χ0n) is 31.8. The fourth-order valence-electron chi connectivity index (χ4n) is 8.17. The minimum atomic E-state index is -3.22. The van der Waals surface area contributed by atoms with Crippen molar-refractivity contribution in [1.82, 2.24) is 34.4 Å². The van der Waals surface area contributed by atoms with Gasteiger partial charge in [-0.25, -0.2) is 12.7 Å². The number of benzene rings is 2. The van der Waals surface area contributed by atoms with Crippen molar-refractivity contribution in [3.05, 3.63) is 73.3 Å². The van der Waals surface area contributed by atoms with Gasteiger partial charge >= 0.3 is 0 Å². The van der Waals surface area contributed by atoms with Crippen LogP contribution in [0.2, 0.25) is 0 Å². The standard InChI is InChI=1S/C41H51N7O6S/c1-5-29-25-41(29,39(52)47(55(53)54)30-19-20-30)42-37(50)33-23-31(26-46(33)38(51)32(40(2,3)4)24-34(49)45-21-13-8-14-22-45)48-43-35(27-15-9-6-10-16-27)36(44-48)28-17-11-7-12-18-28/h5-7,9-12,15-18,29-33,55H,1,8,13-14,19-26H2,2-4H3,(H,42,50)/t29-,31-,32-,33+,41-/m1/s1. The molecule has 0 unspecified atom stereocenters. The number of hydrogen-bond donors (Lipinski definition) is 2. The highest BCUT2D eigenvalue weighted by atomic mass is 32.2. The minimum Gasteiger partial charge on any atom is -0.343 e. The highest BCUT2D eigenvalue weighted by Gasteiger charge is 2.63. The molecule has 13 nitrogen and oxygen atoms in total. The normalized spacial score (nSPS) is 24.3. The van der Waals surface area contributed by atoms with E-state index in [0.717, 1.165) is 34.7 Å². The Labute approximate surface area is 324 Å². The average Bonchev–Trinajstić information content (AvgIpc) is 4.04. The lowest BCUT2D eigenvalue weighted by Crippen LogP contribution is -2.57. The Hall–Kier alpha value is -4.85. The predicted molar refractivity (Wildman–Crippen MR) is 207 cm³/mol. The van der Waals surface area contributed by atoms with E-state index in [-0.39, 0.29) is 37.6 Å². The van der Waals surface area contributed by atoms with Crippen LogP contribution in [0, 0.1) is 17.3 Å². The van der Waals surface area contributed by atoms with Gasteiger partial charge in [0, 0.05) is 55.6 Å². The molecular weight excluding hydrogens is 719 g/mol. The molecule has 4 aliphatic rings. The predicted octanol–water partition coefficient (Wildman–Crippen LogP) is 4.40. The minimum absolute atomic E-state index is 0.00201. The van der Waals surface area contributed by atoms with Gasteiger partial charge in [0.1, 0.15) is 23.0 Å². The van der Waals surface area contributed by atoms with Crippen molar-refractivity contribution in [2.75, 3.05) is 19.6 Å². The van der Waals surface area contributed by atoms with E-state index in [1.165, 1.54) is 4.90 Å². The average molecular weight is 770 g/mol. The largest absolute Gasteiger partial charge is 0.343 e. The number of nitrogens with zero attached hydrogens (tertiary/aromatic N) is 6. The van der Waals surface area contributed by atoms with Gasteiger partial charge in [-0.05, 0) is 43.9 Å². The number of piperidine rings is 1. The van der Waals surface area contributed by atoms with Crippen molar-refractivity contribution in [3.8, 4) is 22.5 Å². The SMILES string of the molecule is C=C[C@@H]1C[C@]1(NC(=O)[C@@H]1C[C@@H](n2nc(-c3ccccc3)c(-c3ccccc3)n2)CN1C(=O)[C@@H](CC(=O)N1CCCCC1)C(C)(C)C)C(=O)N(C1CC1)[SH](=O)=O. The lowest BCUT2D eigenvalue weighted by atomic mass is 9.77. The monoisotopic (exact) mass is 769 g/mol. The highest BCUT2D eigenvalue weighted by Crippen LogP contribution is 2.48. The molecule has 0 spiro atoms. The maximum absolute atomic E-state index is 14.9. The fraction of sp³-hybridized carbons (Fsp3) is 0.512. The van der Waals surface area contributed by atoms with Gasteiger partial charge in [-0.3, -0.25) is 19.2 Å². The molecule has 2 aliphatic heterocycles. The molecule has 0 bridgehead atoms. The molecule has 2 aliphatic carbocycles. The molecule has 2 saturated heterocycles. The maximum atomic E-state index is 14.9. The van der Waals surface area contributed by atoms with E-state index in [4.69, 9.17) is 10.2 Å². The third-order valence-corrected chi connectivity index (χ3v) is 12.5. The highest BCUT2D eigenvalue weighted by molar-refractivity contribution is 7.70. The summed E-state index contributed by atoms with van der Waals surface area (Å²) in [6.07, 6.45) is 5.96. The van der Waals surface area contributed by atoms with E-state index < -0.39 is 63.6 Å². The molecule has 7 rings (SSSR count). The molecule has 292 valence electrons. The van der Waals surface area contributed by atoms with Crippen LogP contribution in [0.3, 0.4) is 0 Å².